The number of carboxylic acid groups (broad SMARTS) is 2. The fourth-order valence-corrected chi connectivity index (χ4v) is 2.98. The molecule has 0 radical (unpaired) electrons. The molecule has 22 heavy (non-hydrogen) atoms. The third kappa shape index (κ3) is 4.09. The van der Waals surface area contributed by atoms with Gasteiger partial charge in [-0.3, -0.25) is 0 Å². The van der Waals surface area contributed by atoms with E-state index in [9.17, 15) is 19.8 Å². The van der Waals surface area contributed by atoms with Gasteiger partial charge in [0, 0.05) is 0 Å². The Balaban J connectivity index is 3.38. The number of rotatable bonds is 9. The quantitative estimate of drug-likeness (QED) is 0.666. The monoisotopic (exact) mass is 306 g/mol. The smallest absolute Gasteiger partial charge is 0.336 e. The van der Waals surface area contributed by atoms with Crippen LogP contribution in [0.3, 0.4) is 0 Å². The van der Waals surface area contributed by atoms with Gasteiger partial charge in [-0.2, -0.15) is 0 Å². The standard InChI is InChI=1S/C18H26O4/c1-4-7-8-9-10-14-13(6-3)16(18(21)22)12(5-2)11-15(14)17(19)20/h11H,4-10H2,1-3H3,(H,19,20)(H,21,22). The summed E-state index contributed by atoms with van der Waals surface area (Å²) in [5.74, 6) is -1.92. The molecule has 4 nitrogen and oxygen atoms in total. The molecule has 1 rings (SSSR count). The zero-order valence-corrected chi connectivity index (χ0v) is 13.7. The molecule has 0 saturated heterocycles. The Kier molecular flexibility index (Phi) is 7.09. The lowest BCUT2D eigenvalue weighted by Gasteiger charge is -2.18. The van der Waals surface area contributed by atoms with Crippen molar-refractivity contribution < 1.29 is 19.8 Å². The SMILES string of the molecule is CCCCCCc1c(C(=O)O)cc(CC)c(C(=O)O)c1CC. The average molecular weight is 306 g/mol. The number of benzene rings is 1. The number of carbonyl (C=O) groups is 2. The molecule has 1 aromatic rings. The van der Waals surface area contributed by atoms with E-state index in [2.05, 4.69) is 6.92 Å². The van der Waals surface area contributed by atoms with Crippen LogP contribution < -0.4 is 0 Å². The lowest BCUT2D eigenvalue weighted by atomic mass is 9.86. The molecule has 4 heteroatoms. The van der Waals surface area contributed by atoms with Gasteiger partial charge in [-0.15, -0.1) is 0 Å². The van der Waals surface area contributed by atoms with Gasteiger partial charge in [0.2, 0.25) is 0 Å². The lowest BCUT2D eigenvalue weighted by molar-refractivity contribution is 0.0678. The Morgan fingerprint density at radius 1 is 0.909 bits per heavy atom. The number of unbranched alkanes of at least 4 members (excludes halogenated alkanes) is 3. The number of aryl methyl sites for hydroxylation is 1. The molecule has 2 N–H and O–H groups in total. The molecule has 0 fully saturated rings. The molecule has 0 heterocycles. The van der Waals surface area contributed by atoms with Crippen molar-refractivity contribution in [3.05, 3.63) is 33.9 Å². The first-order valence-electron chi connectivity index (χ1n) is 8.11. The highest BCUT2D eigenvalue weighted by Gasteiger charge is 2.23. The molecule has 0 amide bonds. The highest BCUT2D eigenvalue weighted by atomic mass is 16.4. The molecular formula is C18H26O4. The van der Waals surface area contributed by atoms with Crippen LogP contribution in [0.15, 0.2) is 6.07 Å². The minimum atomic E-state index is -0.966. The second-order valence-corrected chi connectivity index (χ2v) is 5.54. The Bertz CT molecular complexity index is 547. The Morgan fingerprint density at radius 2 is 1.59 bits per heavy atom. The van der Waals surface area contributed by atoms with E-state index >= 15 is 0 Å². The van der Waals surface area contributed by atoms with Crippen molar-refractivity contribution in [2.24, 2.45) is 0 Å². The fourth-order valence-electron chi connectivity index (χ4n) is 2.98. The molecular weight excluding hydrogens is 280 g/mol. The zero-order chi connectivity index (χ0) is 16.7. The topological polar surface area (TPSA) is 74.6 Å². The Labute approximate surface area is 132 Å². The lowest BCUT2D eigenvalue weighted by Crippen LogP contribution is -2.15. The number of hydrogen-bond acceptors (Lipinski definition) is 2. The van der Waals surface area contributed by atoms with E-state index in [1.54, 1.807) is 6.07 Å². The molecule has 0 aliphatic carbocycles. The molecule has 0 unspecified atom stereocenters. The zero-order valence-electron chi connectivity index (χ0n) is 13.7. The van der Waals surface area contributed by atoms with E-state index in [4.69, 9.17) is 0 Å². The normalized spacial score (nSPS) is 10.7. The molecule has 0 bridgehead atoms. The van der Waals surface area contributed by atoms with Gasteiger partial charge in [-0.1, -0.05) is 40.0 Å². The van der Waals surface area contributed by atoms with E-state index in [0.29, 0.717) is 41.5 Å². The summed E-state index contributed by atoms with van der Waals surface area (Å²) in [5, 5.41) is 19.0. The molecule has 0 aromatic heterocycles. The van der Waals surface area contributed by atoms with Crippen molar-refractivity contribution in [3.8, 4) is 0 Å². The number of hydrogen-bond donors (Lipinski definition) is 2. The summed E-state index contributed by atoms with van der Waals surface area (Å²) in [6.07, 6.45) is 5.85. The van der Waals surface area contributed by atoms with Gasteiger partial charge in [0.05, 0.1) is 11.1 Å². The maximum atomic E-state index is 11.6. The second-order valence-electron chi connectivity index (χ2n) is 5.54. The molecule has 0 aliphatic heterocycles. The maximum absolute atomic E-state index is 11.6. The highest BCUT2D eigenvalue weighted by molar-refractivity contribution is 5.96. The minimum Gasteiger partial charge on any atom is -0.478 e. The van der Waals surface area contributed by atoms with Crippen LogP contribution in [0.2, 0.25) is 0 Å². The fraction of sp³-hybridized carbons (Fsp3) is 0.556. The summed E-state index contributed by atoms with van der Waals surface area (Å²) in [6.45, 7) is 5.87. The average Bonchev–Trinajstić information content (AvgIpc) is 2.49. The summed E-state index contributed by atoms with van der Waals surface area (Å²) in [7, 11) is 0. The van der Waals surface area contributed by atoms with Gasteiger partial charge in [0.25, 0.3) is 0 Å². The van der Waals surface area contributed by atoms with E-state index in [0.717, 1.165) is 25.7 Å². The largest absolute Gasteiger partial charge is 0.478 e. The van der Waals surface area contributed by atoms with Crippen molar-refractivity contribution >= 4 is 11.9 Å². The van der Waals surface area contributed by atoms with Crippen molar-refractivity contribution in [2.45, 2.75) is 65.7 Å². The van der Waals surface area contributed by atoms with E-state index in [1.165, 1.54) is 0 Å². The third-order valence-electron chi connectivity index (χ3n) is 4.09. The van der Waals surface area contributed by atoms with Crippen LogP contribution in [0.4, 0.5) is 0 Å². The third-order valence-corrected chi connectivity index (χ3v) is 4.09. The summed E-state index contributed by atoms with van der Waals surface area (Å²) in [4.78, 5) is 23.2. The molecule has 1 aromatic carbocycles. The number of aromatic carboxylic acids is 2. The van der Waals surface area contributed by atoms with E-state index in [-0.39, 0.29) is 5.56 Å². The van der Waals surface area contributed by atoms with Crippen LogP contribution in [-0.4, -0.2) is 22.2 Å². The van der Waals surface area contributed by atoms with Crippen LogP contribution in [0.5, 0.6) is 0 Å². The summed E-state index contributed by atoms with van der Waals surface area (Å²) < 4.78 is 0. The van der Waals surface area contributed by atoms with Crippen LogP contribution >= 0.6 is 0 Å². The molecule has 122 valence electrons. The van der Waals surface area contributed by atoms with Gasteiger partial charge in [0.1, 0.15) is 0 Å². The molecule has 0 aliphatic rings. The Hall–Kier alpha value is -1.84. The van der Waals surface area contributed by atoms with Gasteiger partial charge >= 0.3 is 11.9 Å². The van der Waals surface area contributed by atoms with Gasteiger partial charge in [0.15, 0.2) is 0 Å². The van der Waals surface area contributed by atoms with Gasteiger partial charge < -0.3 is 10.2 Å². The molecule has 0 atom stereocenters. The molecule has 0 spiro atoms. The van der Waals surface area contributed by atoms with Crippen LogP contribution in [0.1, 0.15) is 83.9 Å². The van der Waals surface area contributed by atoms with Crippen molar-refractivity contribution in [1.82, 2.24) is 0 Å². The van der Waals surface area contributed by atoms with Crippen LogP contribution in [0, 0.1) is 0 Å². The first-order chi connectivity index (χ1) is 10.5. The first-order valence-corrected chi connectivity index (χ1v) is 8.11. The van der Waals surface area contributed by atoms with Crippen molar-refractivity contribution in [3.63, 3.8) is 0 Å². The van der Waals surface area contributed by atoms with Crippen LogP contribution in [-0.2, 0) is 19.3 Å². The molecule has 0 saturated carbocycles. The predicted octanol–water partition coefficient (Wildman–Crippen LogP) is 4.33. The van der Waals surface area contributed by atoms with E-state index in [1.807, 2.05) is 13.8 Å². The highest BCUT2D eigenvalue weighted by Crippen LogP contribution is 2.27. The second kappa shape index (κ2) is 8.57. The minimum absolute atomic E-state index is 0.273. The summed E-state index contributed by atoms with van der Waals surface area (Å²) >= 11 is 0. The van der Waals surface area contributed by atoms with Gasteiger partial charge in [-0.05, 0) is 48.4 Å². The van der Waals surface area contributed by atoms with Crippen molar-refractivity contribution in [1.29, 1.82) is 0 Å². The van der Waals surface area contributed by atoms with Crippen LogP contribution in [0.25, 0.3) is 0 Å². The summed E-state index contributed by atoms with van der Waals surface area (Å²) in [5.41, 5.74) is 2.59. The van der Waals surface area contributed by atoms with Crippen molar-refractivity contribution in [2.75, 3.05) is 0 Å². The predicted molar refractivity (Wildman–Crippen MR) is 87.0 cm³/mol. The van der Waals surface area contributed by atoms with Gasteiger partial charge in [-0.25, -0.2) is 9.59 Å². The maximum Gasteiger partial charge on any atom is 0.336 e. The van der Waals surface area contributed by atoms with E-state index < -0.39 is 11.9 Å². The summed E-state index contributed by atoms with van der Waals surface area (Å²) in [6, 6.07) is 1.56. The Morgan fingerprint density at radius 3 is 2.05 bits per heavy atom. The first kappa shape index (κ1) is 18.2. The number of carboxylic acids is 2.